The van der Waals surface area contributed by atoms with E-state index in [2.05, 4.69) is 27.3 Å². The Morgan fingerprint density at radius 1 is 1.16 bits per heavy atom. The average molecular weight is 317 g/mol. The van der Waals surface area contributed by atoms with Crippen LogP contribution >= 0.6 is 15.9 Å². The summed E-state index contributed by atoms with van der Waals surface area (Å²) in [7, 11) is 1.66. The Morgan fingerprint density at radius 3 is 2.63 bits per heavy atom. The number of rotatable bonds is 4. The van der Waals surface area contributed by atoms with Gasteiger partial charge in [0.15, 0.2) is 0 Å². The highest BCUT2D eigenvalue weighted by atomic mass is 79.9. The molecule has 0 amide bonds. The van der Waals surface area contributed by atoms with E-state index in [1.807, 2.05) is 42.5 Å². The molecule has 0 saturated heterocycles. The van der Waals surface area contributed by atoms with Crippen molar-refractivity contribution in [2.45, 2.75) is 6.61 Å². The molecule has 0 radical (unpaired) electrons. The zero-order chi connectivity index (χ0) is 13.7. The fourth-order valence-electron chi connectivity index (χ4n) is 1.81. The lowest BCUT2D eigenvalue weighted by atomic mass is 10.1. The zero-order valence-electron chi connectivity index (χ0n) is 10.5. The molecule has 2 rings (SSSR count). The van der Waals surface area contributed by atoms with Crippen LogP contribution in [0.5, 0.6) is 0 Å². The molecule has 0 fully saturated rings. The zero-order valence-corrected chi connectivity index (χ0v) is 12.1. The molecule has 0 heterocycles. The molecule has 0 aliphatic carbocycles. The van der Waals surface area contributed by atoms with Crippen molar-refractivity contribution in [2.24, 2.45) is 0 Å². The van der Waals surface area contributed by atoms with Gasteiger partial charge in [-0.25, -0.2) is 0 Å². The number of halogens is 1. The molecular formula is C15H13BrN2O. The minimum Gasteiger partial charge on any atom is -0.380 e. The number of methoxy groups -OCH3 is 1. The minimum atomic E-state index is 0.527. The maximum absolute atomic E-state index is 9.21. The van der Waals surface area contributed by atoms with Crippen LogP contribution in [0.1, 0.15) is 11.1 Å². The van der Waals surface area contributed by atoms with Gasteiger partial charge < -0.3 is 10.1 Å². The Balaban J connectivity index is 2.37. The number of anilines is 2. The fourth-order valence-corrected chi connectivity index (χ4v) is 2.27. The van der Waals surface area contributed by atoms with Gasteiger partial charge in [-0.2, -0.15) is 5.26 Å². The molecule has 0 aliphatic rings. The van der Waals surface area contributed by atoms with Crippen molar-refractivity contribution in [3.63, 3.8) is 0 Å². The van der Waals surface area contributed by atoms with Crippen LogP contribution in [0.2, 0.25) is 0 Å². The number of hydrogen-bond acceptors (Lipinski definition) is 3. The predicted molar refractivity (Wildman–Crippen MR) is 79.3 cm³/mol. The van der Waals surface area contributed by atoms with E-state index in [9.17, 15) is 5.26 Å². The van der Waals surface area contributed by atoms with Gasteiger partial charge in [0.2, 0.25) is 0 Å². The normalized spacial score (nSPS) is 9.95. The fraction of sp³-hybridized carbons (Fsp3) is 0.133. The number of nitrogens with one attached hydrogen (secondary N) is 1. The Labute approximate surface area is 121 Å². The summed E-state index contributed by atoms with van der Waals surface area (Å²) in [5, 5.41) is 12.5. The van der Waals surface area contributed by atoms with Gasteiger partial charge in [-0.3, -0.25) is 0 Å². The Hall–Kier alpha value is -1.83. The first-order valence-electron chi connectivity index (χ1n) is 5.78. The number of ether oxygens (including phenoxy) is 1. The standard InChI is InChI=1S/C15H13BrN2O/c1-19-10-11-5-2-3-7-14(11)18-15-8-4-6-13(16)12(15)9-17/h2-8,18H,10H2,1H3. The number of para-hydroxylation sites is 1. The maximum Gasteiger partial charge on any atom is 0.103 e. The summed E-state index contributed by atoms with van der Waals surface area (Å²) < 4.78 is 5.95. The summed E-state index contributed by atoms with van der Waals surface area (Å²) in [5.74, 6) is 0. The molecular weight excluding hydrogens is 304 g/mol. The summed E-state index contributed by atoms with van der Waals surface area (Å²) in [6, 6.07) is 15.7. The van der Waals surface area contributed by atoms with Gasteiger partial charge in [-0.05, 0) is 34.1 Å². The van der Waals surface area contributed by atoms with Crippen LogP contribution in [-0.4, -0.2) is 7.11 Å². The second-order valence-electron chi connectivity index (χ2n) is 3.99. The highest BCUT2D eigenvalue weighted by molar-refractivity contribution is 9.10. The van der Waals surface area contributed by atoms with Crippen molar-refractivity contribution >= 4 is 27.3 Å². The smallest absolute Gasteiger partial charge is 0.103 e. The highest BCUT2D eigenvalue weighted by Gasteiger charge is 2.08. The predicted octanol–water partition coefficient (Wildman–Crippen LogP) is 4.21. The van der Waals surface area contributed by atoms with Crippen molar-refractivity contribution in [1.82, 2.24) is 0 Å². The van der Waals surface area contributed by atoms with Gasteiger partial charge in [0, 0.05) is 22.8 Å². The lowest BCUT2D eigenvalue weighted by molar-refractivity contribution is 0.185. The van der Waals surface area contributed by atoms with E-state index >= 15 is 0 Å². The Morgan fingerprint density at radius 2 is 1.89 bits per heavy atom. The molecule has 0 aliphatic heterocycles. The molecule has 0 atom stereocenters. The summed E-state index contributed by atoms with van der Waals surface area (Å²) >= 11 is 3.38. The third-order valence-corrected chi connectivity index (χ3v) is 3.37. The molecule has 3 nitrogen and oxygen atoms in total. The topological polar surface area (TPSA) is 45.0 Å². The van der Waals surface area contributed by atoms with Gasteiger partial charge in [-0.15, -0.1) is 0 Å². The monoisotopic (exact) mass is 316 g/mol. The van der Waals surface area contributed by atoms with Crippen LogP contribution in [-0.2, 0) is 11.3 Å². The molecule has 0 saturated carbocycles. The molecule has 0 spiro atoms. The highest BCUT2D eigenvalue weighted by Crippen LogP contribution is 2.28. The SMILES string of the molecule is COCc1ccccc1Nc1cccc(Br)c1C#N. The second kappa shape index (κ2) is 6.37. The molecule has 4 heteroatoms. The van der Waals surface area contributed by atoms with Crippen LogP contribution in [0.15, 0.2) is 46.9 Å². The molecule has 0 bridgehead atoms. The van der Waals surface area contributed by atoms with Gasteiger partial charge in [0.1, 0.15) is 6.07 Å². The van der Waals surface area contributed by atoms with E-state index in [1.165, 1.54) is 0 Å². The van der Waals surface area contributed by atoms with E-state index in [-0.39, 0.29) is 0 Å². The molecule has 2 aromatic carbocycles. The van der Waals surface area contributed by atoms with Gasteiger partial charge in [-0.1, -0.05) is 24.3 Å². The quantitative estimate of drug-likeness (QED) is 0.919. The van der Waals surface area contributed by atoms with Gasteiger partial charge in [0.25, 0.3) is 0 Å². The maximum atomic E-state index is 9.21. The lowest BCUT2D eigenvalue weighted by Gasteiger charge is -2.13. The first-order chi connectivity index (χ1) is 9.26. The van der Waals surface area contributed by atoms with Crippen LogP contribution in [0.3, 0.4) is 0 Å². The largest absolute Gasteiger partial charge is 0.380 e. The summed E-state index contributed by atoms with van der Waals surface area (Å²) in [4.78, 5) is 0. The van der Waals surface area contributed by atoms with Gasteiger partial charge >= 0.3 is 0 Å². The van der Waals surface area contributed by atoms with Gasteiger partial charge in [0.05, 0.1) is 17.9 Å². The lowest BCUT2D eigenvalue weighted by Crippen LogP contribution is -1.99. The molecule has 0 aromatic heterocycles. The van der Waals surface area contributed by atoms with Crippen molar-refractivity contribution in [3.8, 4) is 6.07 Å². The van der Waals surface area contributed by atoms with Crippen LogP contribution in [0.25, 0.3) is 0 Å². The number of nitrogens with zero attached hydrogens (tertiary/aromatic N) is 1. The molecule has 96 valence electrons. The minimum absolute atomic E-state index is 0.527. The number of benzene rings is 2. The summed E-state index contributed by atoms with van der Waals surface area (Å²) in [5.41, 5.74) is 3.36. The summed E-state index contributed by atoms with van der Waals surface area (Å²) in [6.45, 7) is 0.527. The number of hydrogen-bond donors (Lipinski definition) is 1. The third kappa shape index (κ3) is 3.14. The second-order valence-corrected chi connectivity index (χ2v) is 4.84. The van der Waals surface area contributed by atoms with E-state index in [0.717, 1.165) is 21.4 Å². The van der Waals surface area contributed by atoms with E-state index in [1.54, 1.807) is 7.11 Å². The summed E-state index contributed by atoms with van der Waals surface area (Å²) in [6.07, 6.45) is 0. The van der Waals surface area contributed by atoms with E-state index in [4.69, 9.17) is 4.74 Å². The third-order valence-electron chi connectivity index (χ3n) is 2.71. The molecule has 2 aromatic rings. The van der Waals surface area contributed by atoms with Crippen LogP contribution < -0.4 is 5.32 Å². The first kappa shape index (κ1) is 13.6. The van der Waals surface area contributed by atoms with E-state index in [0.29, 0.717) is 12.2 Å². The Kier molecular flexibility index (Phi) is 4.56. The average Bonchev–Trinajstić information content (AvgIpc) is 2.41. The molecule has 0 unspecified atom stereocenters. The number of nitriles is 1. The van der Waals surface area contributed by atoms with Crippen molar-refractivity contribution in [1.29, 1.82) is 5.26 Å². The van der Waals surface area contributed by atoms with Crippen LogP contribution in [0, 0.1) is 11.3 Å². The first-order valence-corrected chi connectivity index (χ1v) is 6.58. The molecule has 1 N–H and O–H groups in total. The van der Waals surface area contributed by atoms with Crippen molar-refractivity contribution in [3.05, 3.63) is 58.1 Å². The molecule has 19 heavy (non-hydrogen) atoms. The van der Waals surface area contributed by atoms with E-state index < -0.39 is 0 Å². The van der Waals surface area contributed by atoms with Crippen molar-refractivity contribution in [2.75, 3.05) is 12.4 Å². The van der Waals surface area contributed by atoms with Crippen LogP contribution in [0.4, 0.5) is 11.4 Å². The Bertz CT molecular complexity index is 620. The van der Waals surface area contributed by atoms with Crippen molar-refractivity contribution < 1.29 is 4.74 Å².